The van der Waals surface area contributed by atoms with Gasteiger partial charge in [0.25, 0.3) is 0 Å². The summed E-state index contributed by atoms with van der Waals surface area (Å²) in [6.45, 7) is 1.06. The Morgan fingerprint density at radius 1 is 1.35 bits per heavy atom. The summed E-state index contributed by atoms with van der Waals surface area (Å²) in [4.78, 5) is 0. The molecule has 0 spiro atoms. The molecule has 90 valence electrons. The maximum absolute atomic E-state index is 10.1. The number of hydrogen-bond acceptors (Lipinski definition) is 3. The van der Waals surface area contributed by atoms with E-state index in [1.54, 1.807) is 12.1 Å². The van der Waals surface area contributed by atoms with E-state index in [-0.39, 0.29) is 0 Å². The van der Waals surface area contributed by atoms with Crippen LogP contribution in [0.1, 0.15) is 42.9 Å². The SMILES string of the molecule is N#Cc1ccc(C(O)CC2CCCCN2)cc1. The van der Waals surface area contributed by atoms with Crippen molar-refractivity contribution in [3.8, 4) is 6.07 Å². The zero-order valence-corrected chi connectivity index (χ0v) is 9.89. The molecule has 1 aliphatic heterocycles. The molecular weight excluding hydrogens is 212 g/mol. The first-order valence-electron chi connectivity index (χ1n) is 6.21. The summed E-state index contributed by atoms with van der Waals surface area (Å²) in [6.07, 6.45) is 3.96. The van der Waals surface area contributed by atoms with Gasteiger partial charge in [-0.3, -0.25) is 0 Å². The van der Waals surface area contributed by atoms with Gasteiger partial charge in [0.2, 0.25) is 0 Å². The summed E-state index contributed by atoms with van der Waals surface area (Å²) >= 11 is 0. The number of nitrogens with zero attached hydrogens (tertiary/aromatic N) is 1. The first-order valence-corrected chi connectivity index (χ1v) is 6.21. The Morgan fingerprint density at radius 3 is 2.71 bits per heavy atom. The molecule has 1 aromatic carbocycles. The van der Waals surface area contributed by atoms with Crippen LogP contribution in [-0.4, -0.2) is 17.7 Å². The molecule has 1 heterocycles. The number of aliphatic hydroxyl groups excluding tert-OH is 1. The number of nitrogens with one attached hydrogen (secondary N) is 1. The van der Waals surface area contributed by atoms with Crippen molar-refractivity contribution >= 4 is 0 Å². The minimum Gasteiger partial charge on any atom is -0.388 e. The molecule has 0 bridgehead atoms. The lowest BCUT2D eigenvalue weighted by molar-refractivity contribution is 0.144. The standard InChI is InChI=1S/C14H18N2O/c15-10-11-4-6-12(7-5-11)14(17)9-13-3-1-2-8-16-13/h4-7,13-14,16-17H,1-3,8-9H2. The van der Waals surface area contributed by atoms with E-state index in [0.717, 1.165) is 24.9 Å². The number of aliphatic hydroxyl groups is 1. The molecular formula is C14H18N2O. The Kier molecular flexibility index (Phi) is 4.13. The van der Waals surface area contributed by atoms with Crippen LogP contribution in [0.4, 0.5) is 0 Å². The number of nitriles is 1. The Balaban J connectivity index is 1.94. The lowest BCUT2D eigenvalue weighted by Gasteiger charge is -2.25. The molecule has 17 heavy (non-hydrogen) atoms. The second-order valence-electron chi connectivity index (χ2n) is 4.63. The summed E-state index contributed by atoms with van der Waals surface area (Å²) in [5, 5.41) is 22.2. The quantitative estimate of drug-likeness (QED) is 0.836. The third kappa shape index (κ3) is 3.29. The predicted molar refractivity (Wildman–Crippen MR) is 66.4 cm³/mol. The monoisotopic (exact) mass is 230 g/mol. The van der Waals surface area contributed by atoms with Gasteiger partial charge in [-0.1, -0.05) is 18.6 Å². The van der Waals surface area contributed by atoms with Crippen molar-refractivity contribution in [2.24, 2.45) is 0 Å². The molecule has 1 saturated heterocycles. The summed E-state index contributed by atoms with van der Waals surface area (Å²) in [7, 11) is 0. The van der Waals surface area contributed by atoms with Crippen LogP contribution in [-0.2, 0) is 0 Å². The van der Waals surface area contributed by atoms with Crippen LogP contribution in [0.2, 0.25) is 0 Å². The van der Waals surface area contributed by atoms with Gasteiger partial charge in [0.05, 0.1) is 17.7 Å². The molecule has 3 nitrogen and oxygen atoms in total. The van der Waals surface area contributed by atoms with E-state index in [1.165, 1.54) is 12.8 Å². The van der Waals surface area contributed by atoms with Crippen molar-refractivity contribution in [2.45, 2.75) is 37.8 Å². The molecule has 2 rings (SSSR count). The van der Waals surface area contributed by atoms with Crippen LogP contribution in [0.5, 0.6) is 0 Å². The minimum atomic E-state index is -0.432. The minimum absolute atomic E-state index is 0.425. The summed E-state index contributed by atoms with van der Waals surface area (Å²) in [6, 6.07) is 9.70. The van der Waals surface area contributed by atoms with Gasteiger partial charge >= 0.3 is 0 Å². The molecule has 2 unspecified atom stereocenters. The summed E-state index contributed by atoms with van der Waals surface area (Å²) in [5.41, 5.74) is 1.54. The molecule has 2 atom stereocenters. The molecule has 0 aliphatic carbocycles. The van der Waals surface area contributed by atoms with Crippen LogP contribution in [0, 0.1) is 11.3 Å². The highest BCUT2D eigenvalue weighted by Crippen LogP contribution is 2.22. The highest BCUT2D eigenvalue weighted by molar-refractivity contribution is 5.32. The van der Waals surface area contributed by atoms with E-state index in [2.05, 4.69) is 11.4 Å². The summed E-state index contributed by atoms with van der Waals surface area (Å²) < 4.78 is 0. The second kappa shape index (κ2) is 5.81. The maximum Gasteiger partial charge on any atom is 0.0991 e. The van der Waals surface area contributed by atoms with Crippen LogP contribution in [0.25, 0.3) is 0 Å². The van der Waals surface area contributed by atoms with Crippen LogP contribution in [0.15, 0.2) is 24.3 Å². The molecule has 0 amide bonds. The van der Waals surface area contributed by atoms with E-state index in [4.69, 9.17) is 5.26 Å². The fourth-order valence-electron chi connectivity index (χ4n) is 2.31. The number of benzene rings is 1. The van der Waals surface area contributed by atoms with E-state index >= 15 is 0 Å². The molecule has 3 heteroatoms. The fourth-order valence-corrected chi connectivity index (χ4v) is 2.31. The molecule has 0 aromatic heterocycles. The normalized spacial score (nSPS) is 21.8. The maximum atomic E-state index is 10.1. The lowest BCUT2D eigenvalue weighted by Crippen LogP contribution is -2.35. The molecule has 0 radical (unpaired) electrons. The van der Waals surface area contributed by atoms with Crippen LogP contribution < -0.4 is 5.32 Å². The van der Waals surface area contributed by atoms with E-state index in [1.807, 2.05) is 12.1 Å². The van der Waals surface area contributed by atoms with Crippen molar-refractivity contribution in [1.29, 1.82) is 5.26 Å². The largest absolute Gasteiger partial charge is 0.388 e. The molecule has 1 aliphatic rings. The third-order valence-electron chi connectivity index (χ3n) is 3.34. The van der Waals surface area contributed by atoms with Crippen LogP contribution in [0.3, 0.4) is 0 Å². The van der Waals surface area contributed by atoms with Crippen molar-refractivity contribution < 1.29 is 5.11 Å². The summed E-state index contributed by atoms with van der Waals surface area (Å²) in [5.74, 6) is 0. The zero-order chi connectivity index (χ0) is 12.1. The van der Waals surface area contributed by atoms with Gasteiger partial charge in [0, 0.05) is 6.04 Å². The third-order valence-corrected chi connectivity index (χ3v) is 3.34. The first-order chi connectivity index (χ1) is 8.29. The first kappa shape index (κ1) is 12.1. The van der Waals surface area contributed by atoms with E-state index < -0.39 is 6.10 Å². The van der Waals surface area contributed by atoms with E-state index in [9.17, 15) is 5.11 Å². The molecule has 2 N–H and O–H groups in total. The number of rotatable bonds is 3. The Labute approximate surface area is 102 Å². The molecule has 0 saturated carbocycles. The average molecular weight is 230 g/mol. The Morgan fingerprint density at radius 2 is 2.12 bits per heavy atom. The zero-order valence-electron chi connectivity index (χ0n) is 9.89. The van der Waals surface area contributed by atoms with Crippen molar-refractivity contribution in [3.05, 3.63) is 35.4 Å². The van der Waals surface area contributed by atoms with Gasteiger partial charge in [-0.25, -0.2) is 0 Å². The van der Waals surface area contributed by atoms with Crippen molar-refractivity contribution in [1.82, 2.24) is 5.32 Å². The number of hydrogen-bond donors (Lipinski definition) is 2. The van der Waals surface area contributed by atoms with Crippen molar-refractivity contribution in [2.75, 3.05) is 6.54 Å². The lowest BCUT2D eigenvalue weighted by atomic mass is 9.95. The second-order valence-corrected chi connectivity index (χ2v) is 4.63. The highest BCUT2D eigenvalue weighted by Gasteiger charge is 2.17. The average Bonchev–Trinajstić information content (AvgIpc) is 2.40. The number of piperidine rings is 1. The van der Waals surface area contributed by atoms with Gasteiger partial charge in [-0.15, -0.1) is 0 Å². The van der Waals surface area contributed by atoms with Gasteiger partial charge in [0.15, 0.2) is 0 Å². The smallest absolute Gasteiger partial charge is 0.0991 e. The van der Waals surface area contributed by atoms with Crippen molar-refractivity contribution in [3.63, 3.8) is 0 Å². The van der Waals surface area contributed by atoms with Gasteiger partial charge < -0.3 is 10.4 Å². The molecule has 1 aromatic rings. The molecule has 1 fully saturated rings. The highest BCUT2D eigenvalue weighted by atomic mass is 16.3. The topological polar surface area (TPSA) is 56.0 Å². The van der Waals surface area contributed by atoms with Gasteiger partial charge in [0.1, 0.15) is 0 Å². The van der Waals surface area contributed by atoms with Crippen LogP contribution >= 0.6 is 0 Å². The Bertz CT molecular complexity index is 388. The predicted octanol–water partition coefficient (Wildman–Crippen LogP) is 2.12. The van der Waals surface area contributed by atoms with Gasteiger partial charge in [-0.05, 0) is 43.5 Å². The van der Waals surface area contributed by atoms with Gasteiger partial charge in [-0.2, -0.15) is 5.26 Å². The van der Waals surface area contributed by atoms with E-state index in [0.29, 0.717) is 11.6 Å². The fraction of sp³-hybridized carbons (Fsp3) is 0.500. The Hall–Kier alpha value is -1.37.